The molecule has 5 aromatic rings. The Morgan fingerprint density at radius 3 is 1.48 bits per heavy atom. The number of nitrogens with zero attached hydrogens (tertiary/aromatic N) is 1. The maximum absolute atomic E-state index is 12.8. The van der Waals surface area contributed by atoms with E-state index in [0.717, 1.165) is 33.1 Å². The molecule has 2 aromatic heterocycles. The molecule has 4 amide bonds. The Bertz CT molecular complexity index is 2020. The molecule has 0 bridgehead atoms. The van der Waals surface area contributed by atoms with Crippen LogP contribution in [-0.4, -0.2) is 70.4 Å². The Kier molecular flexibility index (Phi) is 14.2. The van der Waals surface area contributed by atoms with Crippen LogP contribution in [0.1, 0.15) is 88.2 Å². The van der Waals surface area contributed by atoms with Crippen molar-refractivity contribution in [1.82, 2.24) is 15.5 Å². The summed E-state index contributed by atoms with van der Waals surface area (Å²) in [6.45, 7) is 10.6. The largest absolute Gasteiger partial charge is 0.464 e. The van der Waals surface area contributed by atoms with Gasteiger partial charge in [0.1, 0.15) is 22.4 Å². The van der Waals surface area contributed by atoms with Gasteiger partial charge in [-0.15, -0.1) is 0 Å². The number of benzene rings is 3. The third-order valence-electron chi connectivity index (χ3n) is 8.00. The van der Waals surface area contributed by atoms with Gasteiger partial charge in [0.05, 0.1) is 48.9 Å². The zero-order valence-corrected chi connectivity index (χ0v) is 30.2. The van der Waals surface area contributed by atoms with Crippen molar-refractivity contribution in [3.05, 3.63) is 108 Å². The van der Waals surface area contributed by atoms with Crippen LogP contribution in [0.4, 0.5) is 9.59 Å². The number of hydrogen-bond acceptors (Lipinski definition) is 9. The monoisotopic (exact) mass is 743 g/mol. The zero-order chi connectivity index (χ0) is 37.6. The topological polar surface area (TPSA) is 161 Å². The van der Waals surface area contributed by atoms with Crippen LogP contribution in [0.5, 0.6) is 0 Å². The number of para-hydroxylation sites is 2. The predicted octanol–water partition coefficient (Wildman–Crippen LogP) is 8.30. The van der Waals surface area contributed by atoms with Gasteiger partial charge in [-0.2, -0.15) is 0 Å². The Balaban J connectivity index is 0.000000300. The number of furan rings is 2. The number of alkyl carbamates (subject to hydrolysis) is 2. The SMILES string of the molecule is C.C.CC(C)(C)OC(=O)N[C@@H](Cc1coc2ccccc12)CN1C(=O)c2ccccc2C1=O.CC(C)(C)OC(=O)N[C@H](CO)Cc1coc2ccccc12. The first kappa shape index (κ1) is 42.8. The average molecular weight is 744 g/mol. The standard InChI is InChI=1S/C24H24N2O5.C16H21NO4.2CH4/c1-24(2,3)31-23(29)25-16(12-15-14-30-20-11-7-6-8-17(15)20)13-26-21(27)18-9-4-5-10-19(18)22(26)28;1-16(2,3)21-15(19)17-12(9-18)8-11-10-20-14-7-5-4-6-13(11)14;;/h4-11,14,16H,12-13H2,1-3H3,(H,25,29);4-7,10,12,18H,8-9H2,1-3H3,(H,17,19);2*1H4/t16-;12-;;/m00../s1. The van der Waals surface area contributed by atoms with Gasteiger partial charge in [0.2, 0.25) is 0 Å². The number of carbonyl (C=O) groups is 4. The highest BCUT2D eigenvalue weighted by Crippen LogP contribution is 2.26. The quantitative estimate of drug-likeness (QED) is 0.126. The van der Waals surface area contributed by atoms with E-state index >= 15 is 0 Å². The Morgan fingerprint density at radius 1 is 0.667 bits per heavy atom. The fourth-order valence-electron chi connectivity index (χ4n) is 5.81. The molecule has 3 aromatic carbocycles. The van der Waals surface area contributed by atoms with Gasteiger partial charge in [-0.3, -0.25) is 14.5 Å². The molecule has 54 heavy (non-hydrogen) atoms. The molecule has 290 valence electrons. The lowest BCUT2D eigenvalue weighted by Crippen LogP contribution is -2.48. The summed E-state index contributed by atoms with van der Waals surface area (Å²) in [6.07, 6.45) is 2.99. The van der Waals surface area contributed by atoms with Crippen LogP contribution in [-0.2, 0) is 22.3 Å². The fourth-order valence-corrected chi connectivity index (χ4v) is 5.81. The first-order chi connectivity index (χ1) is 24.6. The lowest BCUT2D eigenvalue weighted by atomic mass is 10.0. The first-order valence-electron chi connectivity index (χ1n) is 17.1. The van der Waals surface area contributed by atoms with Crippen LogP contribution in [0, 0.1) is 0 Å². The summed E-state index contributed by atoms with van der Waals surface area (Å²) in [7, 11) is 0. The van der Waals surface area contributed by atoms with Gasteiger partial charge in [0.25, 0.3) is 11.8 Å². The van der Waals surface area contributed by atoms with Gasteiger partial charge in [-0.05, 0) is 78.6 Å². The molecule has 0 unspecified atom stereocenters. The van der Waals surface area contributed by atoms with Crippen molar-refractivity contribution in [2.45, 2.75) is 92.5 Å². The van der Waals surface area contributed by atoms with E-state index in [0.29, 0.717) is 24.0 Å². The summed E-state index contributed by atoms with van der Waals surface area (Å²) in [6, 6.07) is 21.0. The lowest BCUT2D eigenvalue weighted by Gasteiger charge is -2.26. The second-order valence-corrected chi connectivity index (χ2v) is 14.6. The predicted molar refractivity (Wildman–Crippen MR) is 209 cm³/mol. The number of carbonyl (C=O) groups excluding carboxylic acids is 4. The molecule has 12 nitrogen and oxygen atoms in total. The van der Waals surface area contributed by atoms with Gasteiger partial charge < -0.3 is 34.0 Å². The number of nitrogens with one attached hydrogen (secondary N) is 2. The zero-order valence-electron chi connectivity index (χ0n) is 30.2. The van der Waals surface area contributed by atoms with Gasteiger partial charge in [-0.1, -0.05) is 63.4 Å². The molecular formula is C42H53N3O9. The number of amides is 4. The molecule has 3 N–H and O–H groups in total. The molecular weight excluding hydrogens is 690 g/mol. The molecule has 0 spiro atoms. The third kappa shape index (κ3) is 11.0. The van der Waals surface area contributed by atoms with E-state index in [1.807, 2.05) is 48.5 Å². The van der Waals surface area contributed by atoms with Crippen LogP contribution in [0.2, 0.25) is 0 Å². The van der Waals surface area contributed by atoms with Crippen LogP contribution >= 0.6 is 0 Å². The minimum atomic E-state index is -0.674. The molecule has 0 radical (unpaired) electrons. The minimum absolute atomic E-state index is 0. The lowest BCUT2D eigenvalue weighted by molar-refractivity contribution is 0.0466. The molecule has 12 heteroatoms. The molecule has 0 aliphatic carbocycles. The number of aliphatic hydroxyl groups excluding tert-OH is 1. The summed E-state index contributed by atoms with van der Waals surface area (Å²) in [5.41, 5.74) is 2.85. The van der Waals surface area contributed by atoms with Crippen LogP contribution < -0.4 is 10.6 Å². The van der Waals surface area contributed by atoms with Gasteiger partial charge >= 0.3 is 12.2 Å². The third-order valence-corrected chi connectivity index (χ3v) is 8.00. The van der Waals surface area contributed by atoms with Crippen molar-refractivity contribution in [3.63, 3.8) is 0 Å². The Hall–Kier alpha value is -5.62. The molecule has 0 saturated carbocycles. The van der Waals surface area contributed by atoms with Gasteiger partial charge in [-0.25, -0.2) is 9.59 Å². The van der Waals surface area contributed by atoms with E-state index in [2.05, 4.69) is 10.6 Å². The average Bonchev–Trinajstić information content (AvgIpc) is 3.74. The summed E-state index contributed by atoms with van der Waals surface area (Å²) in [5, 5.41) is 16.8. The van der Waals surface area contributed by atoms with E-state index < -0.39 is 35.5 Å². The maximum atomic E-state index is 12.8. The van der Waals surface area contributed by atoms with Crippen molar-refractivity contribution in [2.24, 2.45) is 0 Å². The summed E-state index contributed by atoms with van der Waals surface area (Å²) in [4.78, 5) is 51.0. The molecule has 2 atom stereocenters. The Labute approximate surface area is 316 Å². The summed E-state index contributed by atoms with van der Waals surface area (Å²) >= 11 is 0. The van der Waals surface area contributed by atoms with Crippen molar-refractivity contribution >= 4 is 45.9 Å². The fraction of sp³-hybridized carbons (Fsp3) is 0.381. The van der Waals surface area contributed by atoms with Crippen LogP contribution in [0.25, 0.3) is 21.9 Å². The van der Waals surface area contributed by atoms with E-state index in [4.69, 9.17) is 18.3 Å². The van der Waals surface area contributed by atoms with Crippen LogP contribution in [0.3, 0.4) is 0 Å². The number of hydrogen-bond donors (Lipinski definition) is 3. The normalized spacial score (nSPS) is 13.5. The second-order valence-electron chi connectivity index (χ2n) is 14.6. The van der Waals surface area contributed by atoms with Crippen molar-refractivity contribution in [1.29, 1.82) is 0 Å². The smallest absolute Gasteiger partial charge is 0.407 e. The second kappa shape index (κ2) is 17.9. The molecule has 0 saturated heterocycles. The number of aliphatic hydroxyl groups is 1. The summed E-state index contributed by atoms with van der Waals surface area (Å²) < 4.78 is 21.6. The van der Waals surface area contributed by atoms with Gasteiger partial charge in [0.15, 0.2) is 0 Å². The highest BCUT2D eigenvalue weighted by molar-refractivity contribution is 6.21. The highest BCUT2D eigenvalue weighted by atomic mass is 16.6. The number of rotatable bonds is 9. The molecule has 3 heterocycles. The van der Waals surface area contributed by atoms with E-state index in [1.165, 1.54) is 4.90 Å². The van der Waals surface area contributed by atoms with Crippen molar-refractivity contribution in [3.8, 4) is 0 Å². The number of fused-ring (bicyclic) bond motifs is 3. The first-order valence-corrected chi connectivity index (χ1v) is 17.1. The Morgan fingerprint density at radius 2 is 1.06 bits per heavy atom. The van der Waals surface area contributed by atoms with Crippen LogP contribution in [0.15, 0.2) is 94.2 Å². The van der Waals surface area contributed by atoms with E-state index in [9.17, 15) is 24.3 Å². The molecule has 6 rings (SSSR count). The van der Waals surface area contributed by atoms with Crippen molar-refractivity contribution < 1.29 is 42.6 Å². The van der Waals surface area contributed by atoms with E-state index in [1.54, 1.807) is 78.3 Å². The van der Waals surface area contributed by atoms with Gasteiger partial charge in [0, 0.05) is 21.9 Å². The molecule has 0 fully saturated rings. The van der Waals surface area contributed by atoms with Crippen molar-refractivity contribution in [2.75, 3.05) is 13.2 Å². The number of imide groups is 1. The molecule has 1 aliphatic rings. The number of ether oxygens (including phenoxy) is 2. The molecule has 1 aliphatic heterocycles. The summed E-state index contributed by atoms with van der Waals surface area (Å²) in [5.74, 6) is -0.734. The maximum Gasteiger partial charge on any atom is 0.407 e. The van der Waals surface area contributed by atoms with E-state index in [-0.39, 0.29) is 39.8 Å². The minimum Gasteiger partial charge on any atom is -0.464 e. The highest BCUT2D eigenvalue weighted by Gasteiger charge is 2.37.